The first kappa shape index (κ1) is 32.2. The van der Waals surface area contributed by atoms with Crippen molar-refractivity contribution in [3.63, 3.8) is 0 Å². The Morgan fingerprint density at radius 3 is 2.32 bits per heavy atom. The van der Waals surface area contributed by atoms with E-state index in [0.29, 0.717) is 18.7 Å². The van der Waals surface area contributed by atoms with E-state index in [4.69, 9.17) is 27.9 Å². The van der Waals surface area contributed by atoms with Gasteiger partial charge in [0.25, 0.3) is 10.0 Å². The summed E-state index contributed by atoms with van der Waals surface area (Å²) in [5.41, 5.74) is 0.892. The molecule has 11 heteroatoms. The van der Waals surface area contributed by atoms with E-state index >= 15 is 0 Å². The molecule has 0 unspecified atom stereocenters. The van der Waals surface area contributed by atoms with Gasteiger partial charge in [-0.15, -0.1) is 0 Å². The first-order valence-corrected chi connectivity index (χ1v) is 15.5. The summed E-state index contributed by atoms with van der Waals surface area (Å²) in [6.07, 6.45) is 2.03. The highest BCUT2D eigenvalue weighted by Crippen LogP contribution is 2.31. The lowest BCUT2D eigenvalue weighted by molar-refractivity contribution is -0.140. The monoisotopic (exact) mass is 619 g/mol. The lowest BCUT2D eigenvalue weighted by Gasteiger charge is -2.33. The van der Waals surface area contributed by atoms with Gasteiger partial charge in [0, 0.05) is 13.1 Å². The van der Waals surface area contributed by atoms with Crippen molar-refractivity contribution in [1.29, 1.82) is 0 Å². The van der Waals surface area contributed by atoms with Crippen molar-refractivity contribution >= 4 is 50.7 Å². The van der Waals surface area contributed by atoms with Gasteiger partial charge in [-0.2, -0.15) is 0 Å². The quantitative estimate of drug-likeness (QED) is 0.226. The molecular weight excluding hydrogens is 585 g/mol. The highest BCUT2D eigenvalue weighted by molar-refractivity contribution is 7.92. The third-order valence-corrected chi connectivity index (χ3v) is 9.03. The zero-order valence-electron chi connectivity index (χ0n) is 23.3. The molecule has 8 nitrogen and oxygen atoms in total. The Morgan fingerprint density at radius 1 is 0.951 bits per heavy atom. The number of nitrogens with zero attached hydrogens (tertiary/aromatic N) is 2. The van der Waals surface area contributed by atoms with Crippen LogP contribution in [0.4, 0.5) is 5.69 Å². The number of anilines is 1. The van der Waals surface area contributed by atoms with Crippen molar-refractivity contribution in [2.24, 2.45) is 0 Å². The fourth-order valence-electron chi connectivity index (χ4n) is 4.28. The number of amides is 2. The van der Waals surface area contributed by atoms with E-state index in [9.17, 15) is 18.0 Å². The van der Waals surface area contributed by atoms with Gasteiger partial charge in [-0.25, -0.2) is 8.42 Å². The Morgan fingerprint density at radius 2 is 1.68 bits per heavy atom. The Labute approximate surface area is 252 Å². The molecule has 0 fully saturated rings. The van der Waals surface area contributed by atoms with Gasteiger partial charge in [0.15, 0.2) is 0 Å². The molecule has 0 heterocycles. The predicted molar refractivity (Wildman–Crippen MR) is 163 cm³/mol. The summed E-state index contributed by atoms with van der Waals surface area (Å²) in [4.78, 5) is 28.8. The van der Waals surface area contributed by atoms with Crippen LogP contribution in [0, 0.1) is 0 Å². The fourth-order valence-corrected chi connectivity index (χ4v) is 6.00. The van der Waals surface area contributed by atoms with Crippen molar-refractivity contribution < 1.29 is 22.7 Å². The van der Waals surface area contributed by atoms with E-state index in [-0.39, 0.29) is 33.1 Å². The van der Waals surface area contributed by atoms with Crippen LogP contribution in [0.1, 0.15) is 38.7 Å². The molecule has 3 aromatic rings. The largest absolute Gasteiger partial charge is 0.497 e. The van der Waals surface area contributed by atoms with Crippen molar-refractivity contribution in [3.05, 3.63) is 88.4 Å². The molecule has 1 N–H and O–H groups in total. The highest BCUT2D eigenvalue weighted by Gasteiger charge is 2.33. The minimum atomic E-state index is -4.20. The number of hydrogen-bond acceptors (Lipinski definition) is 5. The van der Waals surface area contributed by atoms with E-state index in [0.717, 1.165) is 22.7 Å². The summed E-state index contributed by atoms with van der Waals surface area (Å²) in [5, 5.41) is 3.29. The molecule has 220 valence electrons. The van der Waals surface area contributed by atoms with E-state index in [2.05, 4.69) is 5.32 Å². The SMILES string of the molecule is CCCCNC(=O)[C@H](CC)N(Cc1cccc(OC)c1)C(=O)CN(c1ccc(Cl)c(Cl)c1)S(=O)(=O)c1ccccc1. The Balaban J connectivity index is 2.05. The van der Waals surface area contributed by atoms with Crippen molar-refractivity contribution in [1.82, 2.24) is 10.2 Å². The Bertz CT molecular complexity index is 1440. The maximum Gasteiger partial charge on any atom is 0.264 e. The number of benzene rings is 3. The Hall–Kier alpha value is -3.27. The minimum Gasteiger partial charge on any atom is -0.497 e. The van der Waals surface area contributed by atoms with Gasteiger partial charge in [-0.05, 0) is 60.9 Å². The summed E-state index contributed by atoms with van der Waals surface area (Å²) in [6, 6.07) is 18.5. The number of hydrogen-bond donors (Lipinski definition) is 1. The maximum atomic E-state index is 14.1. The van der Waals surface area contributed by atoms with Crippen LogP contribution in [0.25, 0.3) is 0 Å². The van der Waals surface area contributed by atoms with Gasteiger partial charge in [0.05, 0.1) is 27.7 Å². The van der Waals surface area contributed by atoms with Gasteiger partial charge in [-0.3, -0.25) is 13.9 Å². The first-order chi connectivity index (χ1) is 19.6. The Kier molecular flexibility index (Phi) is 11.9. The molecule has 2 amide bonds. The first-order valence-electron chi connectivity index (χ1n) is 13.3. The number of rotatable bonds is 14. The molecule has 0 aliphatic carbocycles. The molecule has 0 saturated carbocycles. The average molecular weight is 621 g/mol. The fraction of sp³-hybridized carbons (Fsp3) is 0.333. The third-order valence-electron chi connectivity index (χ3n) is 6.50. The normalized spacial score (nSPS) is 11.9. The summed E-state index contributed by atoms with van der Waals surface area (Å²) < 4.78 is 34.1. The smallest absolute Gasteiger partial charge is 0.264 e. The molecule has 0 aliphatic rings. The number of nitrogens with one attached hydrogen (secondary N) is 1. The van der Waals surface area contributed by atoms with Crippen LogP contribution in [0.2, 0.25) is 10.0 Å². The van der Waals surface area contributed by atoms with Crippen LogP contribution in [0.3, 0.4) is 0 Å². The minimum absolute atomic E-state index is 0.00238. The highest BCUT2D eigenvalue weighted by atomic mass is 35.5. The van der Waals surface area contributed by atoms with Crippen molar-refractivity contribution in [2.75, 3.05) is 24.5 Å². The van der Waals surface area contributed by atoms with Crippen molar-refractivity contribution in [2.45, 2.75) is 50.6 Å². The molecule has 3 aromatic carbocycles. The van der Waals surface area contributed by atoms with Crippen LogP contribution in [0.15, 0.2) is 77.7 Å². The van der Waals surface area contributed by atoms with Crippen LogP contribution in [-0.2, 0) is 26.2 Å². The maximum absolute atomic E-state index is 14.1. The van der Waals surface area contributed by atoms with Gasteiger partial charge in [0.2, 0.25) is 11.8 Å². The standard InChI is InChI=1S/C30H35Cl2N3O5S/c1-4-6-17-33-30(37)28(5-2)34(20-22-11-10-12-24(18-22)40-3)29(36)21-35(23-15-16-26(31)27(32)19-23)41(38,39)25-13-8-7-9-14-25/h7-16,18-19,28H,4-6,17,20-21H2,1-3H3,(H,33,37)/t28-/m0/s1. The zero-order chi connectivity index (χ0) is 30.0. The van der Waals surface area contributed by atoms with Gasteiger partial charge in [-0.1, -0.05) is 73.8 Å². The van der Waals surface area contributed by atoms with E-state index in [1.165, 1.54) is 35.2 Å². The molecule has 1 atom stereocenters. The number of carbonyl (C=O) groups excluding carboxylic acids is 2. The van der Waals surface area contributed by atoms with Crippen LogP contribution >= 0.6 is 23.2 Å². The second kappa shape index (κ2) is 15.1. The number of unbranched alkanes of at least 4 members (excludes halogenated alkanes) is 1. The van der Waals surface area contributed by atoms with Gasteiger partial charge < -0.3 is 15.0 Å². The number of ether oxygens (including phenoxy) is 1. The van der Waals surface area contributed by atoms with Crippen LogP contribution in [-0.4, -0.2) is 51.4 Å². The molecule has 0 aliphatic heterocycles. The van der Waals surface area contributed by atoms with E-state index in [1.54, 1.807) is 43.5 Å². The third kappa shape index (κ3) is 8.38. The topological polar surface area (TPSA) is 96.0 Å². The molecule has 0 saturated heterocycles. The van der Waals surface area contributed by atoms with Crippen molar-refractivity contribution in [3.8, 4) is 5.75 Å². The number of sulfonamides is 1. The second-order valence-electron chi connectivity index (χ2n) is 9.36. The predicted octanol–water partition coefficient (Wildman–Crippen LogP) is 5.92. The summed E-state index contributed by atoms with van der Waals surface area (Å²) >= 11 is 12.4. The second-order valence-corrected chi connectivity index (χ2v) is 12.0. The van der Waals surface area contributed by atoms with E-state index in [1.807, 2.05) is 19.9 Å². The van der Waals surface area contributed by atoms with Crippen LogP contribution in [0.5, 0.6) is 5.75 Å². The lowest BCUT2D eigenvalue weighted by atomic mass is 10.1. The van der Waals surface area contributed by atoms with Gasteiger partial charge in [0.1, 0.15) is 18.3 Å². The van der Waals surface area contributed by atoms with E-state index < -0.39 is 28.5 Å². The summed E-state index contributed by atoms with van der Waals surface area (Å²) in [5.74, 6) is -0.264. The molecule has 0 aromatic heterocycles. The molecular formula is C30H35Cl2N3O5S. The molecule has 0 radical (unpaired) electrons. The number of methoxy groups -OCH3 is 1. The number of carbonyl (C=O) groups is 2. The van der Waals surface area contributed by atoms with Crippen LogP contribution < -0.4 is 14.4 Å². The average Bonchev–Trinajstić information content (AvgIpc) is 2.97. The zero-order valence-corrected chi connectivity index (χ0v) is 25.7. The molecule has 41 heavy (non-hydrogen) atoms. The summed E-state index contributed by atoms with van der Waals surface area (Å²) in [7, 11) is -2.66. The number of halogens is 2. The lowest BCUT2D eigenvalue weighted by Crippen LogP contribution is -2.52. The summed E-state index contributed by atoms with van der Waals surface area (Å²) in [6.45, 7) is 3.80. The van der Waals surface area contributed by atoms with Gasteiger partial charge >= 0.3 is 0 Å². The molecule has 0 spiro atoms. The molecule has 3 rings (SSSR count). The molecule has 0 bridgehead atoms.